The lowest BCUT2D eigenvalue weighted by atomic mass is 9.69. The molecule has 0 bridgehead atoms. The lowest BCUT2D eigenvalue weighted by Gasteiger charge is -2.37. The van der Waals surface area contributed by atoms with Crippen molar-refractivity contribution in [3.63, 3.8) is 0 Å². The maximum absolute atomic E-state index is 2.39. The van der Waals surface area contributed by atoms with Gasteiger partial charge in [0, 0.05) is 0 Å². The van der Waals surface area contributed by atoms with Gasteiger partial charge >= 0.3 is 0 Å². The van der Waals surface area contributed by atoms with Gasteiger partial charge in [0.2, 0.25) is 0 Å². The third-order valence-corrected chi connectivity index (χ3v) is 3.59. The van der Waals surface area contributed by atoms with Crippen LogP contribution in [0.4, 0.5) is 0 Å². The minimum atomic E-state index is 0.901. The highest BCUT2D eigenvalue weighted by molar-refractivity contribution is 4.79. The monoisotopic (exact) mass is 168 g/mol. The summed E-state index contributed by atoms with van der Waals surface area (Å²) in [5.74, 6) is 3.83. The summed E-state index contributed by atoms with van der Waals surface area (Å²) in [5, 5.41) is 0. The average molecular weight is 168 g/mol. The second kappa shape index (κ2) is 4.30. The molecule has 0 radical (unpaired) electrons. The zero-order valence-corrected chi connectivity index (χ0v) is 9.14. The smallest absolute Gasteiger partial charge is 0.0360 e. The third kappa shape index (κ3) is 2.24. The highest BCUT2D eigenvalue weighted by Gasteiger charge is 2.29. The van der Waals surface area contributed by atoms with Crippen molar-refractivity contribution >= 4 is 0 Å². The standard InChI is InChI=1S/C12H24/c1-9(2)11-7-5-6-8-12(11)10(3)4/h9-12H,5-8H2,1-4H3. The van der Waals surface area contributed by atoms with E-state index < -0.39 is 0 Å². The Labute approximate surface area is 77.7 Å². The molecule has 0 amide bonds. The van der Waals surface area contributed by atoms with E-state index in [4.69, 9.17) is 0 Å². The van der Waals surface area contributed by atoms with E-state index in [9.17, 15) is 0 Å². The van der Waals surface area contributed by atoms with Crippen LogP contribution >= 0.6 is 0 Å². The van der Waals surface area contributed by atoms with Gasteiger partial charge in [-0.05, 0) is 36.5 Å². The van der Waals surface area contributed by atoms with E-state index in [1.165, 1.54) is 25.7 Å². The number of hydrogen-bond acceptors (Lipinski definition) is 0. The second-order valence-electron chi connectivity index (χ2n) is 5.10. The molecule has 1 aliphatic rings. The van der Waals surface area contributed by atoms with Gasteiger partial charge in [0.25, 0.3) is 0 Å². The molecule has 2 unspecified atom stereocenters. The lowest BCUT2D eigenvalue weighted by molar-refractivity contribution is 0.136. The minimum absolute atomic E-state index is 0.901. The van der Waals surface area contributed by atoms with Gasteiger partial charge in [-0.1, -0.05) is 40.5 Å². The van der Waals surface area contributed by atoms with Crippen LogP contribution in [0.15, 0.2) is 0 Å². The Morgan fingerprint density at radius 1 is 0.750 bits per heavy atom. The van der Waals surface area contributed by atoms with Crippen molar-refractivity contribution in [1.82, 2.24) is 0 Å². The highest BCUT2D eigenvalue weighted by Crippen LogP contribution is 2.38. The fourth-order valence-electron chi connectivity index (χ4n) is 2.84. The molecule has 0 heterocycles. The summed E-state index contributed by atoms with van der Waals surface area (Å²) in [4.78, 5) is 0. The predicted molar refractivity (Wildman–Crippen MR) is 55.1 cm³/mol. The SMILES string of the molecule is CC(C)C1CCCCC1C(C)C. The molecule has 1 rings (SSSR count). The molecule has 1 aliphatic carbocycles. The Kier molecular flexibility index (Phi) is 3.61. The highest BCUT2D eigenvalue weighted by atomic mass is 14.3. The predicted octanol–water partition coefficient (Wildman–Crippen LogP) is 4.10. The van der Waals surface area contributed by atoms with Crippen molar-refractivity contribution in [1.29, 1.82) is 0 Å². The fourth-order valence-corrected chi connectivity index (χ4v) is 2.84. The molecular formula is C12H24. The van der Waals surface area contributed by atoms with Crippen LogP contribution in [-0.4, -0.2) is 0 Å². The first-order valence-corrected chi connectivity index (χ1v) is 5.63. The van der Waals surface area contributed by atoms with E-state index in [0.29, 0.717) is 0 Å². The molecule has 0 heteroatoms. The molecule has 0 aromatic carbocycles. The van der Waals surface area contributed by atoms with Crippen LogP contribution in [0.1, 0.15) is 53.4 Å². The Morgan fingerprint density at radius 3 is 1.33 bits per heavy atom. The molecule has 0 N–H and O–H groups in total. The van der Waals surface area contributed by atoms with Crippen molar-refractivity contribution in [2.24, 2.45) is 23.7 Å². The maximum Gasteiger partial charge on any atom is -0.0360 e. The van der Waals surface area contributed by atoms with Gasteiger partial charge in [0.1, 0.15) is 0 Å². The summed E-state index contributed by atoms with van der Waals surface area (Å²) in [6.45, 7) is 9.58. The van der Waals surface area contributed by atoms with E-state index in [1.54, 1.807) is 0 Å². The van der Waals surface area contributed by atoms with Crippen molar-refractivity contribution in [2.45, 2.75) is 53.4 Å². The molecule has 2 atom stereocenters. The van der Waals surface area contributed by atoms with Gasteiger partial charge in [-0.2, -0.15) is 0 Å². The molecule has 0 nitrogen and oxygen atoms in total. The summed E-state index contributed by atoms with van der Waals surface area (Å²) in [6, 6.07) is 0. The normalized spacial score (nSPS) is 31.5. The van der Waals surface area contributed by atoms with Gasteiger partial charge < -0.3 is 0 Å². The van der Waals surface area contributed by atoms with E-state index in [-0.39, 0.29) is 0 Å². The van der Waals surface area contributed by atoms with Crippen LogP contribution in [0.5, 0.6) is 0 Å². The van der Waals surface area contributed by atoms with Crippen LogP contribution in [0.2, 0.25) is 0 Å². The molecule has 0 aliphatic heterocycles. The van der Waals surface area contributed by atoms with Gasteiger partial charge in [-0.15, -0.1) is 0 Å². The largest absolute Gasteiger partial charge is 0.0625 e. The summed E-state index contributed by atoms with van der Waals surface area (Å²) in [6.07, 6.45) is 5.93. The van der Waals surface area contributed by atoms with E-state index >= 15 is 0 Å². The molecule has 0 spiro atoms. The molecule has 1 fully saturated rings. The summed E-state index contributed by atoms with van der Waals surface area (Å²) in [5.41, 5.74) is 0. The first-order chi connectivity index (χ1) is 5.63. The van der Waals surface area contributed by atoms with Crippen LogP contribution in [0.3, 0.4) is 0 Å². The Morgan fingerprint density at radius 2 is 1.08 bits per heavy atom. The summed E-state index contributed by atoms with van der Waals surface area (Å²) in [7, 11) is 0. The van der Waals surface area contributed by atoms with E-state index in [2.05, 4.69) is 27.7 Å². The second-order valence-corrected chi connectivity index (χ2v) is 5.10. The zero-order valence-electron chi connectivity index (χ0n) is 9.14. The number of rotatable bonds is 2. The molecule has 1 saturated carbocycles. The van der Waals surface area contributed by atoms with Crippen molar-refractivity contribution in [3.05, 3.63) is 0 Å². The minimum Gasteiger partial charge on any atom is -0.0625 e. The first kappa shape index (κ1) is 10.1. The molecule has 0 aromatic rings. The van der Waals surface area contributed by atoms with E-state index in [1.807, 2.05) is 0 Å². The molecule has 0 aromatic heterocycles. The molecule has 12 heavy (non-hydrogen) atoms. The van der Waals surface area contributed by atoms with Crippen LogP contribution < -0.4 is 0 Å². The topological polar surface area (TPSA) is 0 Å². The van der Waals surface area contributed by atoms with Crippen molar-refractivity contribution in [3.8, 4) is 0 Å². The quantitative estimate of drug-likeness (QED) is 0.582. The van der Waals surface area contributed by atoms with Gasteiger partial charge in [0.15, 0.2) is 0 Å². The average Bonchev–Trinajstić information content (AvgIpc) is 2.04. The Balaban J connectivity index is 2.54. The Bertz CT molecular complexity index is 108. The molecular weight excluding hydrogens is 144 g/mol. The molecule has 72 valence electrons. The van der Waals surface area contributed by atoms with Crippen molar-refractivity contribution < 1.29 is 0 Å². The van der Waals surface area contributed by atoms with Gasteiger partial charge in [0.05, 0.1) is 0 Å². The van der Waals surface area contributed by atoms with Gasteiger partial charge in [-0.3, -0.25) is 0 Å². The zero-order chi connectivity index (χ0) is 9.14. The summed E-state index contributed by atoms with van der Waals surface area (Å²) < 4.78 is 0. The van der Waals surface area contributed by atoms with E-state index in [0.717, 1.165) is 23.7 Å². The Hall–Kier alpha value is 0. The third-order valence-electron chi connectivity index (χ3n) is 3.59. The molecule has 0 saturated heterocycles. The first-order valence-electron chi connectivity index (χ1n) is 5.63. The lowest BCUT2D eigenvalue weighted by Crippen LogP contribution is -2.27. The maximum atomic E-state index is 2.39. The fraction of sp³-hybridized carbons (Fsp3) is 1.00. The van der Waals surface area contributed by atoms with Crippen molar-refractivity contribution in [2.75, 3.05) is 0 Å². The number of hydrogen-bond donors (Lipinski definition) is 0. The van der Waals surface area contributed by atoms with Crippen LogP contribution in [-0.2, 0) is 0 Å². The van der Waals surface area contributed by atoms with Crippen LogP contribution in [0.25, 0.3) is 0 Å². The van der Waals surface area contributed by atoms with Gasteiger partial charge in [-0.25, -0.2) is 0 Å². The summed E-state index contributed by atoms with van der Waals surface area (Å²) >= 11 is 0. The van der Waals surface area contributed by atoms with Crippen LogP contribution in [0, 0.1) is 23.7 Å².